The Bertz CT molecular complexity index is 712. The molecule has 0 aliphatic carbocycles. The van der Waals surface area contributed by atoms with E-state index in [2.05, 4.69) is 5.32 Å². The minimum Gasteiger partial charge on any atom is -0.497 e. The quantitative estimate of drug-likeness (QED) is 0.743. The van der Waals surface area contributed by atoms with E-state index in [0.29, 0.717) is 11.4 Å². The zero-order valence-electron chi connectivity index (χ0n) is 10.8. The van der Waals surface area contributed by atoms with Gasteiger partial charge in [0.2, 0.25) is 10.0 Å². The summed E-state index contributed by atoms with van der Waals surface area (Å²) >= 11 is 0. The largest absolute Gasteiger partial charge is 0.497 e. The van der Waals surface area contributed by atoms with Crippen molar-refractivity contribution in [2.75, 3.05) is 18.2 Å². The molecule has 106 valence electrons. The molecule has 0 aliphatic rings. The molecule has 0 bridgehead atoms. The number of nitrogens with one attached hydrogen (secondary N) is 1. The molecule has 20 heavy (non-hydrogen) atoms. The highest BCUT2D eigenvalue weighted by molar-refractivity contribution is 7.89. The second-order valence-corrected chi connectivity index (χ2v) is 5.71. The van der Waals surface area contributed by atoms with Gasteiger partial charge in [-0.25, -0.2) is 13.6 Å². The van der Waals surface area contributed by atoms with Crippen LogP contribution in [0.15, 0.2) is 47.4 Å². The molecule has 7 heteroatoms. The predicted molar refractivity (Wildman–Crippen MR) is 78.5 cm³/mol. The number of nitrogen functional groups attached to an aromatic ring is 1. The first kappa shape index (κ1) is 14.2. The molecular weight excluding hydrogens is 278 g/mol. The SMILES string of the molecule is COc1ccc(Nc2cc(S(N)(=O)=O)ccc2N)cc1. The van der Waals surface area contributed by atoms with E-state index in [4.69, 9.17) is 15.6 Å². The summed E-state index contributed by atoms with van der Waals surface area (Å²) in [5.41, 5.74) is 7.47. The van der Waals surface area contributed by atoms with Crippen LogP contribution in [0.1, 0.15) is 0 Å². The molecule has 2 aromatic rings. The zero-order chi connectivity index (χ0) is 14.8. The molecule has 0 atom stereocenters. The van der Waals surface area contributed by atoms with Gasteiger partial charge >= 0.3 is 0 Å². The van der Waals surface area contributed by atoms with E-state index < -0.39 is 10.0 Å². The summed E-state index contributed by atoms with van der Waals surface area (Å²) in [6, 6.07) is 11.4. The first-order chi connectivity index (χ1) is 9.40. The van der Waals surface area contributed by atoms with Crippen LogP contribution < -0.4 is 20.9 Å². The van der Waals surface area contributed by atoms with Crippen LogP contribution in [0.4, 0.5) is 17.1 Å². The molecule has 0 aromatic heterocycles. The van der Waals surface area contributed by atoms with Crippen molar-refractivity contribution in [1.82, 2.24) is 0 Å². The van der Waals surface area contributed by atoms with Crippen molar-refractivity contribution >= 4 is 27.1 Å². The number of rotatable bonds is 4. The number of sulfonamides is 1. The number of benzene rings is 2. The van der Waals surface area contributed by atoms with Crippen LogP contribution in [-0.4, -0.2) is 15.5 Å². The number of methoxy groups -OCH3 is 1. The Labute approximate surface area is 117 Å². The Kier molecular flexibility index (Phi) is 3.82. The molecule has 5 N–H and O–H groups in total. The van der Waals surface area contributed by atoms with Crippen LogP contribution >= 0.6 is 0 Å². The first-order valence-corrected chi connectivity index (χ1v) is 7.28. The average molecular weight is 293 g/mol. The number of ether oxygens (including phenoxy) is 1. The lowest BCUT2D eigenvalue weighted by Gasteiger charge is -2.11. The fourth-order valence-corrected chi connectivity index (χ4v) is 2.19. The molecule has 0 amide bonds. The van der Waals surface area contributed by atoms with Crippen LogP contribution in [0.25, 0.3) is 0 Å². The monoisotopic (exact) mass is 293 g/mol. The number of nitrogens with two attached hydrogens (primary N) is 2. The van der Waals surface area contributed by atoms with E-state index in [9.17, 15) is 8.42 Å². The van der Waals surface area contributed by atoms with Crippen LogP contribution in [0, 0.1) is 0 Å². The normalized spacial score (nSPS) is 11.1. The molecule has 0 aliphatic heterocycles. The van der Waals surface area contributed by atoms with Crippen molar-refractivity contribution in [2.24, 2.45) is 5.14 Å². The lowest BCUT2D eigenvalue weighted by molar-refractivity contribution is 0.415. The lowest BCUT2D eigenvalue weighted by atomic mass is 10.2. The Morgan fingerprint density at radius 3 is 2.30 bits per heavy atom. The van der Waals surface area contributed by atoms with Gasteiger partial charge in [-0.1, -0.05) is 0 Å². The summed E-state index contributed by atoms with van der Waals surface area (Å²) in [6.07, 6.45) is 0. The van der Waals surface area contributed by atoms with Crippen LogP contribution in [0.2, 0.25) is 0 Å². The summed E-state index contributed by atoms with van der Waals surface area (Å²) in [7, 11) is -2.18. The molecule has 0 saturated heterocycles. The van der Waals surface area contributed by atoms with E-state index >= 15 is 0 Å². The van der Waals surface area contributed by atoms with Gasteiger partial charge in [0.15, 0.2) is 0 Å². The van der Waals surface area contributed by atoms with E-state index in [-0.39, 0.29) is 4.90 Å². The highest BCUT2D eigenvalue weighted by Crippen LogP contribution is 2.26. The standard InChI is InChI=1S/C13H15N3O3S/c1-19-10-4-2-9(3-5-10)16-13-8-11(20(15,17)18)6-7-12(13)14/h2-8,16H,14H2,1H3,(H2,15,17,18). The first-order valence-electron chi connectivity index (χ1n) is 5.73. The summed E-state index contributed by atoms with van der Waals surface area (Å²) in [5, 5.41) is 8.13. The van der Waals surface area contributed by atoms with Crippen molar-refractivity contribution in [1.29, 1.82) is 0 Å². The van der Waals surface area contributed by atoms with Crippen LogP contribution in [0.5, 0.6) is 5.75 Å². The highest BCUT2D eigenvalue weighted by Gasteiger charge is 2.10. The topological polar surface area (TPSA) is 107 Å². The molecular formula is C13H15N3O3S. The second kappa shape index (κ2) is 5.40. The number of hydrogen-bond donors (Lipinski definition) is 3. The van der Waals surface area contributed by atoms with Crippen molar-refractivity contribution in [3.8, 4) is 5.75 Å². The molecule has 0 heterocycles. The maximum Gasteiger partial charge on any atom is 0.238 e. The highest BCUT2D eigenvalue weighted by atomic mass is 32.2. The summed E-state index contributed by atoms with van der Waals surface area (Å²) in [5.74, 6) is 0.724. The third kappa shape index (κ3) is 3.19. The van der Waals surface area contributed by atoms with Crippen LogP contribution in [-0.2, 0) is 10.0 Å². The van der Waals surface area contributed by atoms with Gasteiger partial charge in [0.1, 0.15) is 5.75 Å². The van der Waals surface area contributed by atoms with Gasteiger partial charge < -0.3 is 15.8 Å². The summed E-state index contributed by atoms with van der Waals surface area (Å²) < 4.78 is 27.7. The van der Waals surface area contributed by atoms with E-state index in [1.54, 1.807) is 31.4 Å². The van der Waals surface area contributed by atoms with Crippen molar-refractivity contribution in [3.05, 3.63) is 42.5 Å². The Morgan fingerprint density at radius 1 is 1.10 bits per heavy atom. The van der Waals surface area contributed by atoms with E-state index in [1.165, 1.54) is 18.2 Å². The molecule has 0 spiro atoms. The smallest absolute Gasteiger partial charge is 0.238 e. The van der Waals surface area contributed by atoms with Gasteiger partial charge in [0, 0.05) is 5.69 Å². The van der Waals surface area contributed by atoms with E-state index in [1.807, 2.05) is 0 Å². The fourth-order valence-electron chi connectivity index (χ4n) is 1.65. The molecule has 0 saturated carbocycles. The van der Waals surface area contributed by atoms with Crippen LogP contribution in [0.3, 0.4) is 0 Å². The average Bonchev–Trinajstić information content (AvgIpc) is 2.41. The minimum atomic E-state index is -3.76. The number of hydrogen-bond acceptors (Lipinski definition) is 5. The van der Waals surface area contributed by atoms with Gasteiger partial charge in [0.05, 0.1) is 23.4 Å². The van der Waals surface area contributed by atoms with Crippen molar-refractivity contribution < 1.29 is 13.2 Å². The Morgan fingerprint density at radius 2 is 1.75 bits per heavy atom. The molecule has 0 unspecified atom stereocenters. The maximum atomic E-state index is 11.3. The van der Waals surface area contributed by atoms with Crippen molar-refractivity contribution in [2.45, 2.75) is 4.90 Å². The Balaban J connectivity index is 2.32. The van der Waals surface area contributed by atoms with Gasteiger partial charge in [-0.2, -0.15) is 0 Å². The maximum absolute atomic E-state index is 11.3. The third-order valence-electron chi connectivity index (χ3n) is 2.72. The van der Waals surface area contributed by atoms with Gasteiger partial charge in [-0.3, -0.25) is 0 Å². The molecule has 2 rings (SSSR count). The van der Waals surface area contributed by atoms with Gasteiger partial charge in [-0.15, -0.1) is 0 Å². The Hall–Kier alpha value is -2.25. The van der Waals surface area contributed by atoms with Gasteiger partial charge in [-0.05, 0) is 42.5 Å². The van der Waals surface area contributed by atoms with E-state index in [0.717, 1.165) is 11.4 Å². The fraction of sp³-hybridized carbons (Fsp3) is 0.0769. The predicted octanol–water partition coefficient (Wildman–Crippen LogP) is 1.67. The van der Waals surface area contributed by atoms with Crippen molar-refractivity contribution in [3.63, 3.8) is 0 Å². The summed E-state index contributed by atoms with van der Waals surface area (Å²) in [6.45, 7) is 0. The minimum absolute atomic E-state index is 0.00251. The summed E-state index contributed by atoms with van der Waals surface area (Å²) in [4.78, 5) is 0.00251. The molecule has 6 nitrogen and oxygen atoms in total. The molecule has 2 aromatic carbocycles. The zero-order valence-corrected chi connectivity index (χ0v) is 11.6. The number of anilines is 3. The third-order valence-corrected chi connectivity index (χ3v) is 3.63. The number of primary sulfonamides is 1. The lowest BCUT2D eigenvalue weighted by Crippen LogP contribution is -2.12. The molecule has 0 radical (unpaired) electrons. The molecule has 0 fully saturated rings. The van der Waals surface area contributed by atoms with Gasteiger partial charge in [0.25, 0.3) is 0 Å². The second-order valence-electron chi connectivity index (χ2n) is 4.15.